The summed E-state index contributed by atoms with van der Waals surface area (Å²) in [4.78, 5) is 29.7. The summed E-state index contributed by atoms with van der Waals surface area (Å²) in [5.74, 6) is -0.118. The fraction of sp³-hybridized carbons (Fsp3) is 0.200. The first-order valence-corrected chi connectivity index (χ1v) is 10.4. The Hall–Kier alpha value is -3.11. The van der Waals surface area contributed by atoms with Crippen LogP contribution >= 0.6 is 11.6 Å². The van der Waals surface area contributed by atoms with Gasteiger partial charge in [0, 0.05) is 34.9 Å². The monoisotopic (exact) mass is 418 g/mol. The van der Waals surface area contributed by atoms with Gasteiger partial charge in [-0.15, -0.1) is 0 Å². The van der Waals surface area contributed by atoms with Gasteiger partial charge in [-0.05, 0) is 55.3 Å². The second kappa shape index (κ2) is 8.33. The van der Waals surface area contributed by atoms with Gasteiger partial charge < -0.3 is 9.80 Å². The van der Waals surface area contributed by atoms with Gasteiger partial charge >= 0.3 is 0 Å². The topological polar surface area (TPSA) is 40.6 Å². The van der Waals surface area contributed by atoms with E-state index in [1.807, 2.05) is 71.3 Å². The van der Waals surface area contributed by atoms with Crippen molar-refractivity contribution < 1.29 is 9.59 Å². The Morgan fingerprint density at radius 3 is 2.37 bits per heavy atom. The lowest BCUT2D eigenvalue weighted by molar-refractivity contribution is -0.117. The fourth-order valence-electron chi connectivity index (χ4n) is 4.27. The van der Waals surface area contributed by atoms with Crippen molar-refractivity contribution in [2.45, 2.75) is 32.4 Å². The smallest absolute Gasteiger partial charge is 0.258 e. The summed E-state index contributed by atoms with van der Waals surface area (Å²) in [6.07, 6.45) is 0.637. The number of fused-ring (bicyclic) bond motifs is 1. The summed E-state index contributed by atoms with van der Waals surface area (Å²) in [5, 5.41) is 0.531. The highest BCUT2D eigenvalue weighted by atomic mass is 35.5. The van der Waals surface area contributed by atoms with E-state index in [2.05, 4.69) is 0 Å². The molecule has 0 N–H and O–H groups in total. The summed E-state index contributed by atoms with van der Waals surface area (Å²) in [6, 6.07) is 24.3. The van der Waals surface area contributed by atoms with E-state index in [0.29, 0.717) is 17.0 Å². The number of para-hydroxylation sites is 2. The fourth-order valence-corrected chi connectivity index (χ4v) is 4.46. The molecule has 0 radical (unpaired) electrons. The number of carbonyl (C=O) groups excluding carboxylic acids is 2. The Morgan fingerprint density at radius 2 is 1.67 bits per heavy atom. The predicted molar refractivity (Wildman–Crippen MR) is 121 cm³/mol. The van der Waals surface area contributed by atoms with Gasteiger partial charge in [0.2, 0.25) is 5.91 Å². The van der Waals surface area contributed by atoms with Crippen LogP contribution in [0.3, 0.4) is 0 Å². The quantitative estimate of drug-likeness (QED) is 0.533. The molecule has 0 aliphatic carbocycles. The number of amides is 2. The van der Waals surface area contributed by atoms with Gasteiger partial charge in [-0.1, -0.05) is 54.1 Å². The minimum Gasteiger partial charge on any atom is -0.305 e. The van der Waals surface area contributed by atoms with Crippen molar-refractivity contribution in [1.82, 2.24) is 0 Å². The molecule has 1 aliphatic rings. The number of benzene rings is 3. The molecular weight excluding hydrogens is 396 g/mol. The minimum atomic E-state index is -0.153. The van der Waals surface area contributed by atoms with Crippen LogP contribution < -0.4 is 9.80 Å². The Labute approximate surface area is 181 Å². The van der Waals surface area contributed by atoms with Gasteiger partial charge in [0.05, 0.1) is 6.04 Å². The van der Waals surface area contributed by atoms with E-state index in [1.165, 1.54) is 0 Å². The normalized spacial score (nSPS) is 17.9. The van der Waals surface area contributed by atoms with Crippen LogP contribution in [0.2, 0.25) is 5.02 Å². The lowest BCUT2D eigenvalue weighted by Crippen LogP contribution is -2.47. The van der Waals surface area contributed by atoms with Gasteiger partial charge in [0.15, 0.2) is 0 Å². The Morgan fingerprint density at radius 1 is 0.967 bits per heavy atom. The maximum atomic E-state index is 13.4. The van der Waals surface area contributed by atoms with Gasteiger partial charge in [-0.3, -0.25) is 9.59 Å². The largest absolute Gasteiger partial charge is 0.305 e. The lowest BCUT2D eigenvalue weighted by atomic mass is 9.89. The molecule has 1 aliphatic heterocycles. The summed E-state index contributed by atoms with van der Waals surface area (Å²) in [6.45, 7) is 3.61. The Balaban J connectivity index is 1.79. The molecule has 4 nitrogen and oxygen atoms in total. The number of hydrogen-bond donors (Lipinski definition) is 0. The third-order valence-corrected chi connectivity index (χ3v) is 5.77. The molecule has 152 valence electrons. The second-order valence-electron chi connectivity index (χ2n) is 7.57. The molecule has 0 saturated heterocycles. The van der Waals surface area contributed by atoms with Crippen molar-refractivity contribution in [2.75, 3.05) is 9.80 Å². The zero-order valence-electron chi connectivity index (χ0n) is 17.0. The molecule has 0 spiro atoms. The second-order valence-corrected chi connectivity index (χ2v) is 8.01. The van der Waals surface area contributed by atoms with Crippen LogP contribution in [0.15, 0.2) is 78.9 Å². The van der Waals surface area contributed by atoms with Gasteiger partial charge in [-0.25, -0.2) is 0 Å². The summed E-state index contributed by atoms with van der Waals surface area (Å²) >= 11 is 6.12. The SMILES string of the molecule is CC(=O)N(c1ccccc1)[C@H]1C[C@@H](C)N(C(=O)c2cccc(Cl)c2)c2ccccc21. The predicted octanol–water partition coefficient (Wildman–Crippen LogP) is 5.87. The average molecular weight is 419 g/mol. The van der Waals surface area contributed by atoms with Crippen molar-refractivity contribution in [3.63, 3.8) is 0 Å². The first-order valence-electron chi connectivity index (χ1n) is 10.00. The summed E-state index contributed by atoms with van der Waals surface area (Å²) < 4.78 is 0. The molecule has 0 aromatic heterocycles. The van der Waals surface area contributed by atoms with Crippen LogP contribution in [0.5, 0.6) is 0 Å². The van der Waals surface area contributed by atoms with E-state index in [1.54, 1.807) is 31.2 Å². The molecule has 5 heteroatoms. The Bertz CT molecular complexity index is 1080. The Kier molecular flexibility index (Phi) is 5.60. The van der Waals surface area contributed by atoms with Gasteiger partial charge in [-0.2, -0.15) is 0 Å². The molecule has 0 saturated carbocycles. The highest BCUT2D eigenvalue weighted by Crippen LogP contribution is 2.42. The molecule has 0 fully saturated rings. The first kappa shape index (κ1) is 20.2. The van der Waals surface area contributed by atoms with Crippen LogP contribution in [0, 0.1) is 0 Å². The maximum Gasteiger partial charge on any atom is 0.258 e. The number of rotatable bonds is 3. The zero-order chi connectivity index (χ0) is 21.3. The number of carbonyl (C=O) groups is 2. The molecule has 30 heavy (non-hydrogen) atoms. The molecule has 4 rings (SSSR count). The third-order valence-electron chi connectivity index (χ3n) is 5.54. The summed E-state index contributed by atoms with van der Waals surface area (Å²) in [5.41, 5.74) is 3.19. The highest BCUT2D eigenvalue weighted by molar-refractivity contribution is 6.31. The molecule has 2 amide bonds. The molecule has 1 heterocycles. The van der Waals surface area contributed by atoms with E-state index >= 15 is 0 Å². The lowest BCUT2D eigenvalue weighted by Gasteiger charge is -2.43. The number of anilines is 2. The van der Waals surface area contributed by atoms with Crippen molar-refractivity contribution in [3.8, 4) is 0 Å². The molecule has 3 aromatic carbocycles. The average Bonchev–Trinajstić information content (AvgIpc) is 2.74. The zero-order valence-corrected chi connectivity index (χ0v) is 17.7. The van der Waals surface area contributed by atoms with E-state index in [9.17, 15) is 9.59 Å². The van der Waals surface area contributed by atoms with Crippen molar-refractivity contribution >= 4 is 34.8 Å². The van der Waals surface area contributed by atoms with Crippen LogP contribution in [0.4, 0.5) is 11.4 Å². The summed E-state index contributed by atoms with van der Waals surface area (Å²) in [7, 11) is 0. The van der Waals surface area contributed by atoms with E-state index in [0.717, 1.165) is 16.9 Å². The van der Waals surface area contributed by atoms with Crippen LogP contribution in [-0.2, 0) is 4.79 Å². The first-order chi connectivity index (χ1) is 14.5. The number of nitrogens with zero attached hydrogens (tertiary/aromatic N) is 2. The molecular formula is C25H23ClN2O2. The van der Waals surface area contributed by atoms with Crippen LogP contribution in [0.1, 0.15) is 42.2 Å². The van der Waals surface area contributed by atoms with Crippen molar-refractivity contribution in [3.05, 3.63) is 95.0 Å². The van der Waals surface area contributed by atoms with E-state index in [4.69, 9.17) is 11.6 Å². The molecule has 0 unspecified atom stereocenters. The van der Waals surface area contributed by atoms with Crippen LogP contribution in [0.25, 0.3) is 0 Å². The van der Waals surface area contributed by atoms with Gasteiger partial charge in [0.1, 0.15) is 0 Å². The molecule has 2 atom stereocenters. The van der Waals surface area contributed by atoms with Crippen molar-refractivity contribution in [1.29, 1.82) is 0 Å². The van der Waals surface area contributed by atoms with E-state index in [-0.39, 0.29) is 23.9 Å². The highest BCUT2D eigenvalue weighted by Gasteiger charge is 2.38. The molecule has 3 aromatic rings. The molecule has 0 bridgehead atoms. The number of halogens is 1. The minimum absolute atomic E-state index is 0.0252. The standard InChI is InChI=1S/C25H23ClN2O2/c1-17-15-24(28(18(2)29)21-11-4-3-5-12-21)22-13-6-7-14-23(22)27(17)25(30)19-9-8-10-20(26)16-19/h3-14,16-17,24H,15H2,1-2H3/t17-,24+/m1/s1. The maximum absolute atomic E-state index is 13.4. The van der Waals surface area contributed by atoms with E-state index < -0.39 is 0 Å². The third kappa shape index (κ3) is 3.71. The van der Waals surface area contributed by atoms with Crippen molar-refractivity contribution in [2.24, 2.45) is 0 Å². The number of hydrogen-bond acceptors (Lipinski definition) is 2. The van der Waals surface area contributed by atoms with Gasteiger partial charge in [0.25, 0.3) is 5.91 Å². The van der Waals surface area contributed by atoms with Crippen LogP contribution in [-0.4, -0.2) is 17.9 Å².